The Balaban J connectivity index is 2.14. The van der Waals surface area contributed by atoms with Crippen LogP contribution in [0.3, 0.4) is 0 Å². The third-order valence-corrected chi connectivity index (χ3v) is 3.64. The standard InChI is InChI=1S/C14H15F2N3/c1-8-14(11-6-9(15)2-4-12(11)16)18-13-5-3-10(17)7-19(8)13/h2,4,6,10H,3,5,7,17H2,1H3. The fourth-order valence-electron chi connectivity index (χ4n) is 2.60. The van der Waals surface area contributed by atoms with E-state index in [1.165, 1.54) is 6.07 Å². The highest BCUT2D eigenvalue weighted by atomic mass is 19.1. The van der Waals surface area contributed by atoms with E-state index in [4.69, 9.17) is 5.73 Å². The first-order valence-electron chi connectivity index (χ1n) is 6.33. The van der Waals surface area contributed by atoms with Gasteiger partial charge < -0.3 is 10.3 Å². The summed E-state index contributed by atoms with van der Waals surface area (Å²) in [6.07, 6.45) is 1.65. The van der Waals surface area contributed by atoms with Crippen LogP contribution in [0.5, 0.6) is 0 Å². The lowest BCUT2D eigenvalue weighted by molar-refractivity contribution is 0.448. The molecule has 19 heavy (non-hydrogen) atoms. The number of imidazole rings is 1. The second kappa shape index (κ2) is 4.42. The van der Waals surface area contributed by atoms with Crippen LogP contribution in [0.1, 0.15) is 17.9 Å². The number of fused-ring (bicyclic) bond motifs is 1. The lowest BCUT2D eigenvalue weighted by Crippen LogP contribution is -2.32. The molecule has 5 heteroatoms. The van der Waals surface area contributed by atoms with Gasteiger partial charge in [0.2, 0.25) is 0 Å². The van der Waals surface area contributed by atoms with Crippen molar-refractivity contribution in [2.45, 2.75) is 32.4 Å². The molecule has 0 saturated carbocycles. The Morgan fingerprint density at radius 1 is 1.37 bits per heavy atom. The van der Waals surface area contributed by atoms with E-state index >= 15 is 0 Å². The molecule has 3 nitrogen and oxygen atoms in total. The van der Waals surface area contributed by atoms with Gasteiger partial charge in [-0.05, 0) is 31.5 Å². The van der Waals surface area contributed by atoms with Crippen LogP contribution in [-0.4, -0.2) is 15.6 Å². The Kier molecular flexibility index (Phi) is 2.86. The van der Waals surface area contributed by atoms with E-state index in [-0.39, 0.29) is 11.6 Å². The molecule has 0 bridgehead atoms. The third-order valence-electron chi connectivity index (χ3n) is 3.64. The summed E-state index contributed by atoms with van der Waals surface area (Å²) in [4.78, 5) is 4.46. The molecule has 0 amide bonds. The summed E-state index contributed by atoms with van der Waals surface area (Å²) < 4.78 is 29.1. The van der Waals surface area contributed by atoms with E-state index in [0.717, 1.165) is 36.5 Å². The van der Waals surface area contributed by atoms with Crippen LogP contribution in [0.25, 0.3) is 11.3 Å². The van der Waals surface area contributed by atoms with Gasteiger partial charge in [0.15, 0.2) is 0 Å². The molecule has 1 unspecified atom stereocenters. The van der Waals surface area contributed by atoms with Crippen molar-refractivity contribution in [2.24, 2.45) is 5.73 Å². The minimum Gasteiger partial charge on any atom is -0.330 e. The average Bonchev–Trinajstić information content (AvgIpc) is 2.70. The Hall–Kier alpha value is -1.75. The normalized spacial score (nSPS) is 18.4. The Morgan fingerprint density at radius 3 is 2.95 bits per heavy atom. The summed E-state index contributed by atoms with van der Waals surface area (Å²) >= 11 is 0. The van der Waals surface area contributed by atoms with Gasteiger partial charge in [0.1, 0.15) is 17.5 Å². The molecule has 0 fully saturated rings. The molecule has 2 heterocycles. The van der Waals surface area contributed by atoms with E-state index in [9.17, 15) is 8.78 Å². The monoisotopic (exact) mass is 263 g/mol. The predicted molar refractivity (Wildman–Crippen MR) is 68.6 cm³/mol. The van der Waals surface area contributed by atoms with Crippen LogP contribution in [0.15, 0.2) is 18.2 Å². The van der Waals surface area contributed by atoms with Crippen molar-refractivity contribution >= 4 is 0 Å². The number of hydrogen-bond acceptors (Lipinski definition) is 2. The second-order valence-corrected chi connectivity index (χ2v) is 5.00. The smallest absolute Gasteiger partial charge is 0.132 e. The van der Waals surface area contributed by atoms with Crippen LogP contribution in [0.2, 0.25) is 0 Å². The molecule has 2 aromatic rings. The lowest BCUT2D eigenvalue weighted by atomic mass is 10.1. The maximum absolute atomic E-state index is 13.8. The SMILES string of the molecule is Cc1c(-c2cc(F)ccc2F)nc2n1CC(N)CC2. The van der Waals surface area contributed by atoms with Crippen molar-refractivity contribution in [1.29, 1.82) is 0 Å². The fraction of sp³-hybridized carbons (Fsp3) is 0.357. The first-order chi connectivity index (χ1) is 9.06. The van der Waals surface area contributed by atoms with E-state index in [2.05, 4.69) is 4.98 Å². The summed E-state index contributed by atoms with van der Waals surface area (Å²) in [6, 6.07) is 3.54. The Bertz CT molecular complexity index is 634. The highest BCUT2D eigenvalue weighted by Gasteiger charge is 2.23. The van der Waals surface area contributed by atoms with Crippen molar-refractivity contribution in [2.75, 3.05) is 0 Å². The van der Waals surface area contributed by atoms with Crippen LogP contribution < -0.4 is 5.73 Å². The third kappa shape index (κ3) is 2.04. The largest absolute Gasteiger partial charge is 0.330 e. The molecule has 0 spiro atoms. The van der Waals surface area contributed by atoms with Gasteiger partial charge in [-0.3, -0.25) is 0 Å². The Labute approximate surface area is 110 Å². The van der Waals surface area contributed by atoms with Crippen molar-refractivity contribution < 1.29 is 8.78 Å². The van der Waals surface area contributed by atoms with Gasteiger partial charge in [-0.25, -0.2) is 13.8 Å². The molecule has 3 rings (SSSR count). The van der Waals surface area contributed by atoms with E-state index in [1.54, 1.807) is 0 Å². The number of rotatable bonds is 1. The minimum atomic E-state index is -0.460. The van der Waals surface area contributed by atoms with Gasteiger partial charge in [0.05, 0.1) is 5.69 Å². The number of nitrogens with two attached hydrogens (primary N) is 1. The molecule has 0 radical (unpaired) electrons. The molecule has 100 valence electrons. The quantitative estimate of drug-likeness (QED) is 0.858. The first-order valence-corrected chi connectivity index (χ1v) is 6.33. The molecular formula is C14H15F2N3. The topological polar surface area (TPSA) is 43.8 Å². The lowest BCUT2D eigenvalue weighted by Gasteiger charge is -2.21. The number of halogens is 2. The van der Waals surface area contributed by atoms with E-state index in [0.29, 0.717) is 12.2 Å². The molecular weight excluding hydrogens is 248 g/mol. The van der Waals surface area contributed by atoms with Crippen LogP contribution in [0.4, 0.5) is 8.78 Å². The van der Waals surface area contributed by atoms with Gasteiger partial charge in [0.25, 0.3) is 0 Å². The number of aromatic nitrogens is 2. The maximum Gasteiger partial charge on any atom is 0.132 e. The molecule has 1 aromatic carbocycles. The van der Waals surface area contributed by atoms with Gasteiger partial charge in [-0.1, -0.05) is 0 Å². The van der Waals surface area contributed by atoms with Crippen LogP contribution >= 0.6 is 0 Å². The van der Waals surface area contributed by atoms with Crippen molar-refractivity contribution in [3.63, 3.8) is 0 Å². The van der Waals surface area contributed by atoms with Gasteiger partial charge in [0, 0.05) is 30.3 Å². The molecule has 1 atom stereocenters. The molecule has 2 N–H and O–H groups in total. The van der Waals surface area contributed by atoms with Gasteiger partial charge >= 0.3 is 0 Å². The van der Waals surface area contributed by atoms with Crippen LogP contribution in [-0.2, 0) is 13.0 Å². The van der Waals surface area contributed by atoms with Gasteiger partial charge in [-0.15, -0.1) is 0 Å². The molecule has 1 aliphatic heterocycles. The highest BCUT2D eigenvalue weighted by molar-refractivity contribution is 5.63. The average molecular weight is 263 g/mol. The Morgan fingerprint density at radius 2 is 2.16 bits per heavy atom. The number of nitrogens with zero attached hydrogens (tertiary/aromatic N) is 2. The maximum atomic E-state index is 13.8. The summed E-state index contributed by atoms with van der Waals surface area (Å²) in [5.41, 5.74) is 7.51. The van der Waals surface area contributed by atoms with Crippen LogP contribution in [0, 0.1) is 18.6 Å². The number of aryl methyl sites for hydroxylation is 1. The second-order valence-electron chi connectivity index (χ2n) is 5.00. The fourth-order valence-corrected chi connectivity index (χ4v) is 2.60. The van der Waals surface area contributed by atoms with Gasteiger partial charge in [-0.2, -0.15) is 0 Å². The predicted octanol–water partition coefficient (Wildman–Crippen LogP) is 2.41. The zero-order chi connectivity index (χ0) is 13.6. The van der Waals surface area contributed by atoms with Crippen molar-refractivity contribution in [3.05, 3.63) is 41.4 Å². The first kappa shape index (κ1) is 12.3. The van der Waals surface area contributed by atoms with E-state index in [1.807, 2.05) is 11.5 Å². The highest BCUT2D eigenvalue weighted by Crippen LogP contribution is 2.29. The molecule has 1 aromatic heterocycles. The summed E-state index contributed by atoms with van der Waals surface area (Å²) in [5, 5.41) is 0. The van der Waals surface area contributed by atoms with Crippen molar-refractivity contribution in [1.82, 2.24) is 9.55 Å². The van der Waals surface area contributed by atoms with Crippen molar-refractivity contribution in [3.8, 4) is 11.3 Å². The summed E-state index contributed by atoms with van der Waals surface area (Å²) in [5.74, 6) is -0.0134. The summed E-state index contributed by atoms with van der Waals surface area (Å²) in [7, 11) is 0. The zero-order valence-corrected chi connectivity index (χ0v) is 10.7. The molecule has 0 aliphatic carbocycles. The molecule has 1 aliphatic rings. The summed E-state index contributed by atoms with van der Waals surface area (Å²) in [6.45, 7) is 2.55. The number of benzene rings is 1. The van der Waals surface area contributed by atoms with E-state index < -0.39 is 11.6 Å². The molecule has 0 saturated heterocycles. The zero-order valence-electron chi connectivity index (χ0n) is 10.7. The number of hydrogen-bond donors (Lipinski definition) is 1. The minimum absolute atomic E-state index is 0.102.